The Morgan fingerprint density at radius 1 is 0.950 bits per heavy atom. The number of hydrogen-bond donors (Lipinski definition) is 0. The second-order valence-electron chi connectivity index (χ2n) is 4.97. The van der Waals surface area contributed by atoms with Gasteiger partial charge >= 0.3 is 0 Å². The van der Waals surface area contributed by atoms with Gasteiger partial charge in [-0.2, -0.15) is 0 Å². The summed E-state index contributed by atoms with van der Waals surface area (Å²) in [4.78, 5) is 11.2. The Bertz CT molecular complexity index is 609. The van der Waals surface area contributed by atoms with Gasteiger partial charge in [0.05, 0.1) is 19.7 Å². The zero-order chi connectivity index (χ0) is 13.9. The first-order chi connectivity index (χ1) is 9.83. The van der Waals surface area contributed by atoms with Crippen LogP contribution in [0.2, 0.25) is 0 Å². The summed E-state index contributed by atoms with van der Waals surface area (Å²) in [6.45, 7) is 2.11. The molecule has 106 valence electrons. The number of rotatable bonds is 3. The normalized spacial score (nSPS) is 15.4. The number of ether oxygens (including phenoxy) is 2. The standard InChI is InChI=1S/C15H19N3O2/c1-19-13-8-11-12(9-14(13)20-2)16-10-17-15(11)18-6-4-3-5-7-18/h8-10H,3-7H2,1-2H3. The lowest BCUT2D eigenvalue weighted by atomic mass is 10.1. The third kappa shape index (κ3) is 2.24. The van der Waals surface area contributed by atoms with E-state index in [2.05, 4.69) is 14.9 Å². The van der Waals surface area contributed by atoms with Crippen LogP contribution >= 0.6 is 0 Å². The average Bonchev–Trinajstić information content (AvgIpc) is 2.53. The lowest BCUT2D eigenvalue weighted by Gasteiger charge is -2.28. The molecule has 5 heteroatoms. The van der Waals surface area contributed by atoms with Gasteiger partial charge < -0.3 is 14.4 Å². The summed E-state index contributed by atoms with van der Waals surface area (Å²) in [7, 11) is 3.28. The number of piperidine rings is 1. The predicted molar refractivity (Wildman–Crippen MR) is 78.7 cm³/mol. The molecule has 20 heavy (non-hydrogen) atoms. The summed E-state index contributed by atoms with van der Waals surface area (Å²) in [6.07, 6.45) is 5.37. The van der Waals surface area contributed by atoms with E-state index in [9.17, 15) is 0 Å². The van der Waals surface area contributed by atoms with Gasteiger partial charge in [0.15, 0.2) is 11.5 Å². The highest BCUT2D eigenvalue weighted by Crippen LogP contribution is 2.35. The van der Waals surface area contributed by atoms with Crippen LogP contribution in [0.1, 0.15) is 19.3 Å². The molecule has 1 saturated heterocycles. The Morgan fingerprint density at radius 3 is 2.35 bits per heavy atom. The summed E-state index contributed by atoms with van der Waals surface area (Å²) in [5.74, 6) is 2.41. The van der Waals surface area contributed by atoms with Crippen molar-refractivity contribution in [2.45, 2.75) is 19.3 Å². The van der Waals surface area contributed by atoms with Crippen molar-refractivity contribution >= 4 is 16.7 Å². The van der Waals surface area contributed by atoms with E-state index in [1.54, 1.807) is 20.5 Å². The second kappa shape index (κ2) is 5.53. The average molecular weight is 273 g/mol. The molecule has 0 atom stereocenters. The maximum atomic E-state index is 5.39. The van der Waals surface area contributed by atoms with Gasteiger partial charge in [0, 0.05) is 24.5 Å². The quantitative estimate of drug-likeness (QED) is 0.860. The van der Waals surface area contributed by atoms with Crippen LogP contribution in [0.4, 0.5) is 5.82 Å². The largest absolute Gasteiger partial charge is 0.493 e. The van der Waals surface area contributed by atoms with Crippen LogP contribution < -0.4 is 14.4 Å². The molecule has 0 saturated carbocycles. The van der Waals surface area contributed by atoms with Crippen molar-refractivity contribution in [3.8, 4) is 11.5 Å². The van der Waals surface area contributed by atoms with Crippen molar-refractivity contribution in [1.29, 1.82) is 0 Å². The molecule has 3 rings (SSSR count). The van der Waals surface area contributed by atoms with Crippen LogP contribution in [0.25, 0.3) is 10.9 Å². The summed E-state index contributed by atoms with van der Waals surface area (Å²) in [5.41, 5.74) is 0.887. The topological polar surface area (TPSA) is 47.5 Å². The smallest absolute Gasteiger partial charge is 0.162 e. The van der Waals surface area contributed by atoms with Gasteiger partial charge in [-0.25, -0.2) is 9.97 Å². The first-order valence-corrected chi connectivity index (χ1v) is 6.95. The SMILES string of the molecule is COc1cc2ncnc(N3CCCCC3)c2cc1OC. The number of anilines is 1. The highest BCUT2D eigenvalue weighted by atomic mass is 16.5. The molecular formula is C15H19N3O2. The number of aromatic nitrogens is 2. The highest BCUT2D eigenvalue weighted by molar-refractivity contribution is 5.92. The van der Waals surface area contributed by atoms with Crippen LogP contribution in [0.5, 0.6) is 11.5 Å². The monoisotopic (exact) mass is 273 g/mol. The van der Waals surface area contributed by atoms with Gasteiger partial charge in [-0.3, -0.25) is 0 Å². The number of hydrogen-bond acceptors (Lipinski definition) is 5. The van der Waals surface area contributed by atoms with E-state index in [0.717, 1.165) is 29.8 Å². The summed E-state index contributed by atoms with van der Waals surface area (Å²) in [5, 5.41) is 1.02. The number of nitrogens with zero attached hydrogens (tertiary/aromatic N) is 3. The first-order valence-electron chi connectivity index (χ1n) is 6.95. The molecule has 1 fully saturated rings. The minimum Gasteiger partial charge on any atom is -0.493 e. The van der Waals surface area contributed by atoms with Gasteiger partial charge in [-0.15, -0.1) is 0 Å². The molecule has 0 unspecified atom stereocenters. The maximum absolute atomic E-state index is 5.39. The first kappa shape index (κ1) is 13.0. The van der Waals surface area contributed by atoms with Gasteiger partial charge in [0.25, 0.3) is 0 Å². The molecule has 0 N–H and O–H groups in total. The highest BCUT2D eigenvalue weighted by Gasteiger charge is 2.17. The van der Waals surface area contributed by atoms with E-state index in [1.165, 1.54) is 19.3 Å². The Morgan fingerprint density at radius 2 is 1.65 bits per heavy atom. The van der Waals surface area contributed by atoms with Crippen molar-refractivity contribution in [3.63, 3.8) is 0 Å². The van der Waals surface area contributed by atoms with E-state index in [1.807, 2.05) is 12.1 Å². The molecule has 0 spiro atoms. The zero-order valence-corrected chi connectivity index (χ0v) is 11.9. The van der Waals surface area contributed by atoms with Crippen LogP contribution in [-0.2, 0) is 0 Å². The Balaban J connectivity index is 2.12. The van der Waals surface area contributed by atoms with Crippen molar-refractivity contribution in [2.24, 2.45) is 0 Å². The minimum atomic E-state index is 0.697. The zero-order valence-electron chi connectivity index (χ0n) is 11.9. The van der Waals surface area contributed by atoms with E-state index in [-0.39, 0.29) is 0 Å². The Hall–Kier alpha value is -2.04. The molecule has 2 heterocycles. The lowest BCUT2D eigenvalue weighted by Crippen LogP contribution is -2.30. The Kier molecular flexibility index (Phi) is 3.58. The van der Waals surface area contributed by atoms with Crippen molar-refractivity contribution in [3.05, 3.63) is 18.5 Å². The number of benzene rings is 1. The molecular weight excluding hydrogens is 254 g/mol. The fraction of sp³-hybridized carbons (Fsp3) is 0.467. The fourth-order valence-corrected chi connectivity index (χ4v) is 2.73. The molecule has 5 nitrogen and oxygen atoms in total. The molecule has 0 radical (unpaired) electrons. The minimum absolute atomic E-state index is 0.697. The third-order valence-electron chi connectivity index (χ3n) is 3.78. The molecule has 1 aromatic carbocycles. The molecule has 0 amide bonds. The van der Waals surface area contributed by atoms with Gasteiger partial charge in [0.1, 0.15) is 12.1 Å². The van der Waals surface area contributed by atoms with Gasteiger partial charge in [-0.1, -0.05) is 0 Å². The van der Waals surface area contributed by atoms with Crippen LogP contribution in [0.15, 0.2) is 18.5 Å². The summed E-state index contributed by atoms with van der Waals surface area (Å²) < 4.78 is 10.7. The molecule has 0 bridgehead atoms. The molecule has 1 aromatic heterocycles. The van der Waals surface area contributed by atoms with E-state index in [0.29, 0.717) is 11.5 Å². The van der Waals surface area contributed by atoms with E-state index >= 15 is 0 Å². The second-order valence-corrected chi connectivity index (χ2v) is 4.97. The van der Waals surface area contributed by atoms with Crippen LogP contribution in [-0.4, -0.2) is 37.3 Å². The van der Waals surface area contributed by atoms with Crippen molar-refractivity contribution in [1.82, 2.24) is 9.97 Å². The van der Waals surface area contributed by atoms with E-state index < -0.39 is 0 Å². The summed E-state index contributed by atoms with van der Waals surface area (Å²) >= 11 is 0. The Labute approximate surface area is 118 Å². The van der Waals surface area contributed by atoms with Gasteiger partial charge in [-0.05, 0) is 25.3 Å². The predicted octanol–water partition coefficient (Wildman–Crippen LogP) is 2.64. The van der Waals surface area contributed by atoms with Crippen LogP contribution in [0.3, 0.4) is 0 Å². The lowest BCUT2D eigenvalue weighted by molar-refractivity contribution is 0.356. The molecule has 1 aliphatic rings. The third-order valence-corrected chi connectivity index (χ3v) is 3.78. The molecule has 1 aliphatic heterocycles. The van der Waals surface area contributed by atoms with Gasteiger partial charge in [0.2, 0.25) is 0 Å². The van der Waals surface area contributed by atoms with E-state index in [4.69, 9.17) is 9.47 Å². The van der Waals surface area contributed by atoms with Crippen molar-refractivity contribution in [2.75, 3.05) is 32.2 Å². The number of fused-ring (bicyclic) bond motifs is 1. The fourth-order valence-electron chi connectivity index (χ4n) is 2.73. The van der Waals surface area contributed by atoms with Crippen LogP contribution in [0, 0.1) is 0 Å². The molecule has 0 aliphatic carbocycles. The number of methoxy groups -OCH3 is 2. The van der Waals surface area contributed by atoms with Crippen molar-refractivity contribution < 1.29 is 9.47 Å². The summed E-state index contributed by atoms with van der Waals surface area (Å²) in [6, 6.07) is 3.88. The maximum Gasteiger partial charge on any atom is 0.162 e. The molecule has 2 aromatic rings.